The zero-order valence-electron chi connectivity index (χ0n) is 13.0. The van der Waals surface area contributed by atoms with E-state index in [-0.39, 0.29) is 30.3 Å². The zero-order valence-corrected chi connectivity index (χ0v) is 11.0. The van der Waals surface area contributed by atoms with E-state index in [1.807, 2.05) is 6.92 Å². The summed E-state index contributed by atoms with van der Waals surface area (Å²) in [5.41, 5.74) is -0.447. The van der Waals surface area contributed by atoms with Gasteiger partial charge >= 0.3 is 5.97 Å². The van der Waals surface area contributed by atoms with E-state index in [0.717, 1.165) is 19.3 Å². The zero-order chi connectivity index (χ0) is 14.7. The molecule has 6 atom stereocenters. The van der Waals surface area contributed by atoms with Crippen LogP contribution in [0.25, 0.3) is 0 Å². The molecule has 1 heterocycles. The quantitative estimate of drug-likeness (QED) is 0.531. The molecule has 0 aromatic heterocycles. The van der Waals surface area contributed by atoms with E-state index in [1.54, 1.807) is 0 Å². The summed E-state index contributed by atoms with van der Waals surface area (Å²) in [5, 5.41) is 10.8. The van der Waals surface area contributed by atoms with E-state index in [4.69, 9.17) is 7.48 Å². The highest BCUT2D eigenvalue weighted by Gasteiger charge is 2.65. The average molecular weight is 252 g/mol. The molecule has 0 amide bonds. The fraction of sp³-hybridized carbons (Fsp3) is 0.800. The molecule has 0 bridgehead atoms. The van der Waals surface area contributed by atoms with Gasteiger partial charge in [0, 0.05) is 11.8 Å². The molecule has 1 spiro atoms. The van der Waals surface area contributed by atoms with Crippen molar-refractivity contribution in [1.29, 1.82) is 0 Å². The first kappa shape index (κ1) is 10.0. The van der Waals surface area contributed by atoms with Crippen LogP contribution in [0.4, 0.5) is 0 Å². The number of aliphatic hydroxyl groups is 1. The Bertz CT molecular complexity index is 472. The Morgan fingerprint density at radius 3 is 2.89 bits per heavy atom. The third-order valence-electron chi connectivity index (χ3n) is 5.51. The Hall–Kier alpha value is -0.830. The molecule has 2 saturated carbocycles. The minimum atomic E-state index is -0.979. The van der Waals surface area contributed by atoms with Gasteiger partial charge in [0.2, 0.25) is 0 Å². The van der Waals surface area contributed by atoms with Gasteiger partial charge in [0.15, 0.2) is 0 Å². The summed E-state index contributed by atoms with van der Waals surface area (Å²) in [6.45, 7) is 3.71. The Balaban J connectivity index is 2.10. The van der Waals surface area contributed by atoms with Crippen LogP contribution in [-0.2, 0) is 9.53 Å². The largest absolute Gasteiger partial charge is 0.455 e. The molecular weight excluding hydrogens is 228 g/mol. The summed E-state index contributed by atoms with van der Waals surface area (Å²) in [5.74, 6) is 0.138. The number of ether oxygens (including phenoxy) is 1. The van der Waals surface area contributed by atoms with Crippen LogP contribution < -0.4 is 0 Å². The molecule has 2 aliphatic carbocycles. The van der Waals surface area contributed by atoms with Crippen LogP contribution in [0.2, 0.25) is 0 Å². The van der Waals surface area contributed by atoms with Crippen LogP contribution in [-0.4, -0.2) is 22.8 Å². The van der Waals surface area contributed by atoms with Crippen molar-refractivity contribution in [2.24, 2.45) is 23.7 Å². The summed E-state index contributed by atoms with van der Waals surface area (Å²) in [6.07, 6.45) is 2.32. The summed E-state index contributed by atoms with van der Waals surface area (Å²) >= 11 is 0. The minimum Gasteiger partial charge on any atom is -0.455 e. The van der Waals surface area contributed by atoms with Crippen molar-refractivity contribution in [2.75, 3.05) is 0 Å². The van der Waals surface area contributed by atoms with Crippen molar-refractivity contribution < 1.29 is 17.4 Å². The highest BCUT2D eigenvalue weighted by atomic mass is 16.6. The first-order valence-electron chi connectivity index (χ1n) is 7.96. The van der Waals surface area contributed by atoms with Gasteiger partial charge in [-0.15, -0.1) is 0 Å². The van der Waals surface area contributed by atoms with Gasteiger partial charge in [-0.2, -0.15) is 0 Å². The maximum Gasteiger partial charge on any atom is 0.309 e. The van der Waals surface area contributed by atoms with Gasteiger partial charge < -0.3 is 9.84 Å². The van der Waals surface area contributed by atoms with Crippen LogP contribution >= 0.6 is 0 Å². The lowest BCUT2D eigenvalue weighted by molar-refractivity contribution is -0.188. The van der Waals surface area contributed by atoms with E-state index in [1.165, 1.54) is 0 Å². The molecule has 100 valence electrons. The second kappa shape index (κ2) is 3.83. The van der Waals surface area contributed by atoms with Gasteiger partial charge in [-0.1, -0.05) is 20.4 Å². The van der Waals surface area contributed by atoms with E-state index in [9.17, 15) is 9.90 Å². The Morgan fingerprint density at radius 1 is 1.39 bits per heavy atom. The molecule has 1 aliphatic heterocycles. The smallest absolute Gasteiger partial charge is 0.309 e. The van der Waals surface area contributed by atoms with E-state index in [2.05, 4.69) is 6.92 Å². The topological polar surface area (TPSA) is 46.5 Å². The van der Waals surface area contributed by atoms with Crippen molar-refractivity contribution in [1.82, 2.24) is 0 Å². The van der Waals surface area contributed by atoms with Gasteiger partial charge in [-0.3, -0.25) is 4.79 Å². The maximum atomic E-state index is 12.1. The maximum absolute atomic E-state index is 12.1. The molecule has 3 rings (SSSR count). The number of carbonyl (C=O) groups excluding carboxylic acids is 1. The average Bonchev–Trinajstić information content (AvgIpc) is 2.64. The van der Waals surface area contributed by atoms with E-state index >= 15 is 0 Å². The number of aliphatic hydroxyl groups excluding tert-OH is 1. The van der Waals surface area contributed by atoms with Crippen molar-refractivity contribution >= 4 is 5.97 Å². The summed E-state index contributed by atoms with van der Waals surface area (Å²) in [6, 6.07) is 0. The molecule has 0 unspecified atom stereocenters. The fourth-order valence-electron chi connectivity index (χ4n) is 4.50. The third kappa shape index (κ3) is 1.31. The number of rotatable bonds is 0. The number of carbonyl (C=O) groups is 1. The van der Waals surface area contributed by atoms with Crippen LogP contribution in [0, 0.1) is 23.7 Å². The van der Waals surface area contributed by atoms with Gasteiger partial charge in [0.25, 0.3) is 0 Å². The monoisotopic (exact) mass is 252 g/mol. The highest BCUT2D eigenvalue weighted by molar-refractivity contribution is 5.76. The van der Waals surface area contributed by atoms with Crippen molar-refractivity contribution in [3.63, 3.8) is 0 Å². The molecule has 1 N–H and O–H groups in total. The molecule has 0 radical (unpaired) electrons. The summed E-state index contributed by atoms with van der Waals surface area (Å²) in [4.78, 5) is 12.1. The van der Waals surface area contributed by atoms with Crippen LogP contribution in [0.15, 0.2) is 12.1 Å². The normalized spacial score (nSPS) is 52.9. The molecule has 3 aliphatic rings. The van der Waals surface area contributed by atoms with Crippen LogP contribution in [0.1, 0.15) is 42.3 Å². The van der Waals surface area contributed by atoms with Crippen LogP contribution in [0.3, 0.4) is 0 Å². The third-order valence-corrected chi connectivity index (χ3v) is 5.51. The summed E-state index contributed by atoms with van der Waals surface area (Å²) in [7, 11) is 0. The van der Waals surface area contributed by atoms with Gasteiger partial charge in [0.1, 0.15) is 11.7 Å². The molecular formula is C15H22O3. The molecule has 0 aromatic rings. The Morgan fingerprint density at radius 2 is 2.17 bits per heavy atom. The van der Waals surface area contributed by atoms with Crippen molar-refractivity contribution in [3.8, 4) is 0 Å². The standard InChI is InChI=1S/C15H22O3/c1-8-4-7-12-10(3)14(17)18-15(12)11(8)6-5-9(2)13(15)16/h8,10-13,16H,2,4-7H2,1,3H3/t8-,10-,11+,12+,13+,15+/m1/s1/i2D2. The first-order valence-corrected chi connectivity index (χ1v) is 6.96. The second-order valence-corrected chi connectivity index (χ2v) is 6.30. The fourth-order valence-corrected chi connectivity index (χ4v) is 4.50. The Kier molecular flexibility index (Phi) is 2.13. The lowest BCUT2D eigenvalue weighted by Gasteiger charge is -2.53. The predicted octanol–water partition coefficient (Wildman–Crippen LogP) is 2.29. The minimum absolute atomic E-state index is 0.0147. The lowest BCUT2D eigenvalue weighted by Crippen LogP contribution is -2.60. The van der Waals surface area contributed by atoms with Crippen LogP contribution in [0.5, 0.6) is 0 Å². The molecule has 1 saturated heterocycles. The lowest BCUT2D eigenvalue weighted by atomic mass is 9.55. The van der Waals surface area contributed by atoms with Gasteiger partial charge in [-0.05, 0) is 37.2 Å². The highest BCUT2D eigenvalue weighted by Crippen LogP contribution is 2.58. The SMILES string of the molecule is [2H]C([2H])=C1CC[C@H]2[C@H](C)CC[C@H]3[C@@H](C)C(=O)O[C@@]23[C@H]1O. The molecule has 3 fully saturated rings. The number of hydrogen-bond donors (Lipinski definition) is 1. The number of hydrogen-bond acceptors (Lipinski definition) is 3. The van der Waals surface area contributed by atoms with Crippen molar-refractivity contribution in [2.45, 2.75) is 51.2 Å². The van der Waals surface area contributed by atoms with Gasteiger partial charge in [0.05, 0.1) is 8.66 Å². The first-order chi connectivity index (χ1) is 9.39. The molecule has 0 aromatic carbocycles. The molecule has 3 nitrogen and oxygen atoms in total. The number of esters is 1. The molecule has 3 heteroatoms. The molecule has 18 heavy (non-hydrogen) atoms. The summed E-state index contributed by atoms with van der Waals surface area (Å²) < 4.78 is 20.8. The van der Waals surface area contributed by atoms with E-state index in [0.29, 0.717) is 17.9 Å². The predicted molar refractivity (Wildman–Crippen MR) is 67.7 cm³/mol. The Labute approximate surface area is 111 Å². The second-order valence-electron chi connectivity index (χ2n) is 6.30. The van der Waals surface area contributed by atoms with Gasteiger partial charge in [-0.25, -0.2) is 0 Å². The van der Waals surface area contributed by atoms with Crippen molar-refractivity contribution in [3.05, 3.63) is 12.1 Å². The van der Waals surface area contributed by atoms with E-state index < -0.39 is 11.7 Å².